The summed E-state index contributed by atoms with van der Waals surface area (Å²) in [4.78, 5) is 21.6. The van der Waals surface area contributed by atoms with Gasteiger partial charge >= 0.3 is 0 Å². The van der Waals surface area contributed by atoms with Crippen molar-refractivity contribution in [2.75, 3.05) is 6.54 Å². The third-order valence-electron chi connectivity index (χ3n) is 1.91. The number of rotatable bonds is 7. The average molecular weight is 184 g/mol. The molecule has 3 heteroatoms. The van der Waals surface area contributed by atoms with Gasteiger partial charge in [0.2, 0.25) is 12.2 Å². The van der Waals surface area contributed by atoms with Gasteiger partial charge in [0.1, 0.15) is 5.92 Å². The summed E-state index contributed by atoms with van der Waals surface area (Å²) >= 11 is 0. The highest BCUT2D eigenvalue weighted by molar-refractivity contribution is 5.91. The molecule has 75 valence electrons. The van der Waals surface area contributed by atoms with Crippen molar-refractivity contribution in [2.45, 2.75) is 39.5 Å². The first kappa shape index (κ1) is 12.1. The van der Waals surface area contributed by atoms with E-state index in [1.165, 1.54) is 0 Å². The number of carbonyl (C=O) groups excluding carboxylic acids is 2. The lowest BCUT2D eigenvalue weighted by molar-refractivity contribution is -0.123. The molecule has 0 aliphatic carbocycles. The van der Waals surface area contributed by atoms with Gasteiger partial charge in [-0.2, -0.15) is 0 Å². The molecule has 0 aromatic heterocycles. The summed E-state index contributed by atoms with van der Waals surface area (Å²) in [6.07, 6.45) is 5.50. The highest BCUT2D eigenvalue weighted by atomic mass is 16.2. The minimum atomic E-state index is -0.563. The first-order chi connectivity index (χ1) is 6.26. The minimum absolute atomic E-state index is 0.186. The van der Waals surface area contributed by atoms with Gasteiger partial charge in [-0.25, -0.2) is 0 Å². The van der Waals surface area contributed by atoms with Gasteiger partial charge in [0, 0.05) is 6.54 Å². The van der Waals surface area contributed by atoms with Gasteiger partial charge in [-0.15, -0.1) is 0 Å². The molecule has 0 fully saturated rings. The number of hydrogen-bond donors (Lipinski definition) is 1. The van der Waals surface area contributed by atoms with Crippen molar-refractivity contribution in [2.24, 2.45) is 5.92 Å². The Bertz CT molecular complexity index is 157. The molecule has 0 spiro atoms. The van der Waals surface area contributed by atoms with E-state index in [2.05, 4.69) is 12.2 Å². The van der Waals surface area contributed by atoms with Crippen LogP contribution in [0.1, 0.15) is 39.5 Å². The lowest BCUT2D eigenvalue weighted by Gasteiger charge is -2.08. The van der Waals surface area contributed by atoms with Crippen LogP contribution < -0.4 is 5.32 Å². The van der Waals surface area contributed by atoms with Crippen molar-refractivity contribution in [1.29, 1.82) is 0 Å². The fourth-order valence-electron chi connectivity index (χ4n) is 1.14. The molecule has 13 heavy (non-hydrogen) atoms. The minimum Gasteiger partial charge on any atom is -0.356 e. The fourth-order valence-corrected chi connectivity index (χ4v) is 1.14. The maximum atomic E-state index is 11.2. The van der Waals surface area contributed by atoms with Crippen LogP contribution in [0.4, 0.5) is 0 Å². The Balaban J connectivity index is 3.73. The molecular formula is C10H18NO2. The molecule has 0 bridgehead atoms. The van der Waals surface area contributed by atoms with Crippen LogP contribution in [0.5, 0.6) is 0 Å². The zero-order valence-electron chi connectivity index (χ0n) is 8.43. The van der Waals surface area contributed by atoms with Gasteiger partial charge in [0.15, 0.2) is 0 Å². The largest absolute Gasteiger partial charge is 0.356 e. The SMILES string of the molecule is CCCCCC([C]=O)C(=O)NCC. The van der Waals surface area contributed by atoms with Crippen molar-refractivity contribution >= 4 is 12.2 Å². The molecule has 1 N–H and O–H groups in total. The monoisotopic (exact) mass is 184 g/mol. The van der Waals surface area contributed by atoms with E-state index < -0.39 is 5.92 Å². The zero-order valence-corrected chi connectivity index (χ0v) is 8.43. The normalized spacial score (nSPS) is 12.2. The molecule has 1 amide bonds. The van der Waals surface area contributed by atoms with Crippen molar-refractivity contribution in [3.05, 3.63) is 0 Å². The van der Waals surface area contributed by atoms with E-state index in [1.807, 2.05) is 6.92 Å². The van der Waals surface area contributed by atoms with E-state index in [0.717, 1.165) is 19.3 Å². The Hall–Kier alpha value is -0.860. The molecule has 0 saturated heterocycles. The van der Waals surface area contributed by atoms with Gasteiger partial charge in [-0.1, -0.05) is 26.2 Å². The van der Waals surface area contributed by atoms with E-state index in [-0.39, 0.29) is 5.91 Å². The van der Waals surface area contributed by atoms with Gasteiger partial charge in [-0.3, -0.25) is 9.59 Å². The van der Waals surface area contributed by atoms with Crippen LogP contribution in [-0.2, 0) is 9.59 Å². The van der Waals surface area contributed by atoms with Crippen molar-refractivity contribution in [3.8, 4) is 0 Å². The quantitative estimate of drug-likeness (QED) is 0.480. The molecule has 0 rings (SSSR count). The summed E-state index contributed by atoms with van der Waals surface area (Å²) in [5.74, 6) is -0.750. The average Bonchev–Trinajstić information content (AvgIpc) is 2.13. The third kappa shape index (κ3) is 5.39. The Labute approximate surface area is 79.9 Å². The second-order valence-electron chi connectivity index (χ2n) is 3.06. The van der Waals surface area contributed by atoms with Crippen LogP contribution in [0.25, 0.3) is 0 Å². The topological polar surface area (TPSA) is 46.2 Å². The molecule has 1 unspecified atom stereocenters. The maximum absolute atomic E-state index is 11.2. The second-order valence-corrected chi connectivity index (χ2v) is 3.06. The van der Waals surface area contributed by atoms with Crippen LogP contribution in [0.3, 0.4) is 0 Å². The van der Waals surface area contributed by atoms with Crippen LogP contribution in [0, 0.1) is 5.92 Å². The first-order valence-corrected chi connectivity index (χ1v) is 4.91. The van der Waals surface area contributed by atoms with E-state index in [1.54, 1.807) is 6.29 Å². The molecule has 0 heterocycles. The highest BCUT2D eigenvalue weighted by Crippen LogP contribution is 2.07. The summed E-state index contributed by atoms with van der Waals surface area (Å²) in [5.41, 5.74) is 0. The Kier molecular flexibility index (Phi) is 7.26. The van der Waals surface area contributed by atoms with E-state index in [4.69, 9.17) is 0 Å². The van der Waals surface area contributed by atoms with Crippen molar-refractivity contribution < 1.29 is 9.59 Å². The Morgan fingerprint density at radius 3 is 2.54 bits per heavy atom. The predicted molar refractivity (Wildman–Crippen MR) is 52.0 cm³/mol. The highest BCUT2D eigenvalue weighted by Gasteiger charge is 2.16. The molecule has 0 saturated carbocycles. The molecule has 0 aromatic carbocycles. The molecule has 0 aliphatic rings. The lowest BCUT2D eigenvalue weighted by atomic mass is 10.0. The van der Waals surface area contributed by atoms with Gasteiger partial charge in [0.25, 0.3) is 0 Å². The summed E-state index contributed by atoms with van der Waals surface area (Å²) in [7, 11) is 0. The number of carbonyl (C=O) groups is 1. The predicted octanol–water partition coefficient (Wildman–Crippen LogP) is 1.43. The molecule has 3 nitrogen and oxygen atoms in total. The Morgan fingerprint density at radius 2 is 2.08 bits per heavy atom. The molecule has 1 atom stereocenters. The molecule has 0 aromatic rings. The summed E-state index contributed by atoms with van der Waals surface area (Å²) in [6, 6.07) is 0. The van der Waals surface area contributed by atoms with Crippen LogP contribution in [0.15, 0.2) is 0 Å². The fraction of sp³-hybridized carbons (Fsp3) is 0.800. The smallest absolute Gasteiger partial charge is 0.231 e. The molecular weight excluding hydrogens is 166 g/mol. The van der Waals surface area contributed by atoms with Gasteiger partial charge in [0.05, 0.1) is 0 Å². The maximum Gasteiger partial charge on any atom is 0.231 e. The number of amides is 1. The summed E-state index contributed by atoms with van der Waals surface area (Å²) in [5, 5.41) is 2.62. The molecule has 1 radical (unpaired) electrons. The van der Waals surface area contributed by atoms with Crippen LogP contribution in [0.2, 0.25) is 0 Å². The van der Waals surface area contributed by atoms with E-state index >= 15 is 0 Å². The van der Waals surface area contributed by atoms with Crippen molar-refractivity contribution in [1.82, 2.24) is 5.32 Å². The first-order valence-electron chi connectivity index (χ1n) is 4.91. The Morgan fingerprint density at radius 1 is 1.38 bits per heavy atom. The van der Waals surface area contributed by atoms with Crippen LogP contribution in [-0.4, -0.2) is 18.7 Å². The third-order valence-corrected chi connectivity index (χ3v) is 1.91. The van der Waals surface area contributed by atoms with Gasteiger partial charge in [-0.05, 0) is 13.3 Å². The second kappa shape index (κ2) is 7.77. The lowest BCUT2D eigenvalue weighted by Crippen LogP contribution is -2.31. The zero-order chi connectivity index (χ0) is 10.1. The van der Waals surface area contributed by atoms with E-state index in [9.17, 15) is 9.59 Å². The van der Waals surface area contributed by atoms with Gasteiger partial charge < -0.3 is 5.32 Å². The molecule has 0 aliphatic heterocycles. The summed E-state index contributed by atoms with van der Waals surface area (Å²) < 4.78 is 0. The standard InChI is InChI=1S/C10H18NO2/c1-3-5-6-7-9(8-12)10(13)11-4-2/h9H,3-7H2,1-2H3,(H,11,13). The number of nitrogens with one attached hydrogen (secondary N) is 1. The summed E-state index contributed by atoms with van der Waals surface area (Å²) in [6.45, 7) is 4.50. The number of unbranched alkanes of at least 4 members (excludes halogenated alkanes) is 2. The van der Waals surface area contributed by atoms with E-state index in [0.29, 0.717) is 13.0 Å². The van der Waals surface area contributed by atoms with Crippen molar-refractivity contribution in [3.63, 3.8) is 0 Å². The number of hydrogen-bond acceptors (Lipinski definition) is 2. The van der Waals surface area contributed by atoms with Crippen LogP contribution >= 0.6 is 0 Å².